The zero-order valence-corrected chi connectivity index (χ0v) is 16.3. The highest BCUT2D eigenvalue weighted by molar-refractivity contribution is 6.04. The van der Waals surface area contributed by atoms with Gasteiger partial charge in [0, 0.05) is 43.3 Å². The normalized spacial score (nSPS) is 14.2. The van der Waals surface area contributed by atoms with E-state index in [1.807, 2.05) is 6.07 Å². The summed E-state index contributed by atoms with van der Waals surface area (Å²) in [7, 11) is 0. The molecule has 0 bridgehead atoms. The molecular weight excluding hydrogens is 386 g/mol. The Labute approximate surface area is 171 Å². The van der Waals surface area contributed by atoms with Crippen LogP contribution in [0.25, 0.3) is 17.0 Å². The van der Waals surface area contributed by atoms with Crippen LogP contribution in [-0.4, -0.2) is 56.9 Å². The fraction of sp³-hybridized carbons (Fsp3) is 0.250. The zero-order chi connectivity index (χ0) is 20.5. The second kappa shape index (κ2) is 7.56. The smallest absolute Gasteiger partial charge is 0.256 e. The van der Waals surface area contributed by atoms with Gasteiger partial charge in [0.15, 0.2) is 5.65 Å². The number of rotatable bonds is 4. The maximum Gasteiger partial charge on any atom is 0.256 e. The Bertz CT molecular complexity index is 1190. The van der Waals surface area contributed by atoms with Crippen LogP contribution in [0, 0.1) is 6.92 Å². The summed E-state index contributed by atoms with van der Waals surface area (Å²) >= 11 is 0. The topological polar surface area (TPSA) is 111 Å². The molecule has 0 atom stereocenters. The van der Waals surface area contributed by atoms with E-state index in [9.17, 15) is 4.79 Å². The van der Waals surface area contributed by atoms with E-state index in [-0.39, 0.29) is 5.91 Å². The number of amides is 1. The predicted molar refractivity (Wildman–Crippen MR) is 108 cm³/mol. The highest BCUT2D eigenvalue weighted by Crippen LogP contribution is 2.22. The highest BCUT2D eigenvalue weighted by atomic mass is 16.5. The van der Waals surface area contributed by atoms with Crippen LogP contribution < -0.4 is 10.2 Å². The van der Waals surface area contributed by atoms with Crippen LogP contribution in [0.1, 0.15) is 16.2 Å². The second-order valence-corrected chi connectivity index (χ2v) is 6.87. The van der Waals surface area contributed by atoms with Crippen molar-refractivity contribution in [3.8, 4) is 11.4 Å². The lowest BCUT2D eigenvalue weighted by Gasteiger charge is -2.29. The molecule has 0 spiro atoms. The predicted octanol–water partition coefficient (Wildman–Crippen LogP) is 2.18. The number of carbonyl (C=O) groups is 1. The summed E-state index contributed by atoms with van der Waals surface area (Å²) in [6, 6.07) is 10.6. The third-order valence-corrected chi connectivity index (χ3v) is 4.85. The molecule has 1 N–H and O–H groups in total. The number of aromatic nitrogens is 5. The Morgan fingerprint density at radius 1 is 1.10 bits per heavy atom. The zero-order valence-electron chi connectivity index (χ0n) is 16.3. The Balaban J connectivity index is 1.39. The van der Waals surface area contributed by atoms with E-state index in [1.165, 1.54) is 0 Å². The molecule has 152 valence electrons. The van der Waals surface area contributed by atoms with Crippen LogP contribution in [0.5, 0.6) is 0 Å². The van der Waals surface area contributed by atoms with Crippen molar-refractivity contribution >= 4 is 23.2 Å². The molecule has 1 aromatic carbocycles. The molecule has 1 aliphatic rings. The number of hydrogen-bond acceptors (Lipinski definition) is 8. The van der Waals surface area contributed by atoms with Gasteiger partial charge in [0.1, 0.15) is 11.6 Å². The number of carbonyl (C=O) groups excluding carboxylic acids is 1. The molecule has 1 fully saturated rings. The SMILES string of the molecule is Cc1nc(-c2ccc(C(=O)Nc3cc(N4CCOCC4)n4nccc4n3)cc2)no1. The summed E-state index contributed by atoms with van der Waals surface area (Å²) in [5, 5.41) is 11.1. The van der Waals surface area contributed by atoms with Gasteiger partial charge in [-0.05, 0) is 12.1 Å². The summed E-state index contributed by atoms with van der Waals surface area (Å²) in [6.07, 6.45) is 1.69. The van der Waals surface area contributed by atoms with Crippen molar-refractivity contribution in [2.45, 2.75) is 6.92 Å². The van der Waals surface area contributed by atoms with Gasteiger partial charge in [0.25, 0.3) is 5.91 Å². The van der Waals surface area contributed by atoms with Crippen LogP contribution in [0.4, 0.5) is 11.6 Å². The molecular formula is C20H19N7O3. The number of anilines is 2. The van der Waals surface area contributed by atoms with E-state index < -0.39 is 0 Å². The van der Waals surface area contributed by atoms with Gasteiger partial charge < -0.3 is 19.5 Å². The average Bonchev–Trinajstić information content (AvgIpc) is 3.43. The molecule has 0 aliphatic carbocycles. The van der Waals surface area contributed by atoms with Crippen LogP contribution in [0.2, 0.25) is 0 Å². The summed E-state index contributed by atoms with van der Waals surface area (Å²) in [4.78, 5) is 23.6. The van der Waals surface area contributed by atoms with E-state index in [1.54, 1.807) is 48.0 Å². The fourth-order valence-corrected chi connectivity index (χ4v) is 3.35. The van der Waals surface area contributed by atoms with Gasteiger partial charge in [-0.15, -0.1) is 0 Å². The maximum atomic E-state index is 12.8. The standard InChI is InChI=1S/C20H19N7O3/c1-13-22-19(25-30-13)14-2-4-15(5-3-14)20(28)24-16-12-18(26-8-10-29-11-9-26)27-17(23-16)6-7-21-27/h2-7,12H,8-11H2,1H3,(H,23,24,28). The Morgan fingerprint density at radius 3 is 2.63 bits per heavy atom. The Kier molecular flexibility index (Phi) is 4.60. The third kappa shape index (κ3) is 3.48. The van der Waals surface area contributed by atoms with Gasteiger partial charge in [-0.3, -0.25) is 4.79 Å². The fourth-order valence-electron chi connectivity index (χ4n) is 3.35. The summed E-state index contributed by atoms with van der Waals surface area (Å²) in [5.74, 6) is 2.06. The lowest BCUT2D eigenvalue weighted by Crippen LogP contribution is -2.37. The Hall–Kier alpha value is -3.79. The molecule has 0 saturated carbocycles. The van der Waals surface area contributed by atoms with Crippen molar-refractivity contribution in [2.24, 2.45) is 0 Å². The maximum absolute atomic E-state index is 12.8. The van der Waals surface area contributed by atoms with Crippen LogP contribution in [0.3, 0.4) is 0 Å². The first kappa shape index (κ1) is 18.3. The second-order valence-electron chi connectivity index (χ2n) is 6.87. The molecule has 1 aliphatic heterocycles. The van der Waals surface area contributed by atoms with Gasteiger partial charge in [-0.1, -0.05) is 17.3 Å². The largest absolute Gasteiger partial charge is 0.378 e. The molecule has 1 saturated heterocycles. The number of morpholine rings is 1. The monoisotopic (exact) mass is 405 g/mol. The molecule has 5 rings (SSSR count). The lowest BCUT2D eigenvalue weighted by atomic mass is 10.1. The van der Waals surface area contributed by atoms with Gasteiger partial charge in [-0.25, -0.2) is 4.98 Å². The van der Waals surface area contributed by atoms with Crippen molar-refractivity contribution in [1.82, 2.24) is 24.7 Å². The third-order valence-electron chi connectivity index (χ3n) is 4.85. The van der Waals surface area contributed by atoms with E-state index in [2.05, 4.69) is 30.4 Å². The van der Waals surface area contributed by atoms with E-state index in [0.717, 1.165) is 24.5 Å². The molecule has 30 heavy (non-hydrogen) atoms. The average molecular weight is 405 g/mol. The molecule has 4 heterocycles. The van der Waals surface area contributed by atoms with Gasteiger partial charge in [0.2, 0.25) is 11.7 Å². The molecule has 10 heteroatoms. The van der Waals surface area contributed by atoms with Crippen molar-refractivity contribution < 1.29 is 14.1 Å². The number of aryl methyl sites for hydroxylation is 1. The van der Waals surface area contributed by atoms with Crippen molar-refractivity contribution in [2.75, 3.05) is 36.5 Å². The van der Waals surface area contributed by atoms with Crippen molar-refractivity contribution in [3.05, 3.63) is 54.0 Å². The molecule has 10 nitrogen and oxygen atoms in total. The molecule has 4 aromatic rings. The summed E-state index contributed by atoms with van der Waals surface area (Å²) < 4.78 is 12.2. The van der Waals surface area contributed by atoms with Gasteiger partial charge in [0.05, 0.1) is 19.4 Å². The van der Waals surface area contributed by atoms with E-state index >= 15 is 0 Å². The van der Waals surface area contributed by atoms with Crippen LogP contribution in [0.15, 0.2) is 47.1 Å². The number of nitrogens with one attached hydrogen (secondary N) is 1. The first-order valence-electron chi connectivity index (χ1n) is 9.57. The number of benzene rings is 1. The van der Waals surface area contributed by atoms with Crippen LogP contribution in [-0.2, 0) is 4.74 Å². The molecule has 3 aromatic heterocycles. The van der Waals surface area contributed by atoms with Crippen molar-refractivity contribution in [3.63, 3.8) is 0 Å². The molecule has 1 amide bonds. The van der Waals surface area contributed by atoms with E-state index in [4.69, 9.17) is 9.26 Å². The van der Waals surface area contributed by atoms with E-state index in [0.29, 0.717) is 42.0 Å². The van der Waals surface area contributed by atoms with Gasteiger partial charge in [-0.2, -0.15) is 14.6 Å². The number of hydrogen-bond donors (Lipinski definition) is 1. The number of nitrogens with zero attached hydrogens (tertiary/aromatic N) is 6. The summed E-state index contributed by atoms with van der Waals surface area (Å²) in [5.41, 5.74) is 1.94. The molecule has 0 unspecified atom stereocenters. The number of fused-ring (bicyclic) bond motifs is 1. The lowest BCUT2D eigenvalue weighted by molar-refractivity contribution is 0.102. The number of ether oxygens (including phenoxy) is 1. The summed E-state index contributed by atoms with van der Waals surface area (Å²) in [6.45, 7) is 4.54. The molecule has 0 radical (unpaired) electrons. The minimum atomic E-state index is -0.255. The highest BCUT2D eigenvalue weighted by Gasteiger charge is 2.18. The Morgan fingerprint density at radius 2 is 1.90 bits per heavy atom. The minimum absolute atomic E-state index is 0.255. The van der Waals surface area contributed by atoms with Gasteiger partial charge >= 0.3 is 0 Å². The first-order chi connectivity index (χ1) is 14.7. The van der Waals surface area contributed by atoms with Crippen LogP contribution >= 0.6 is 0 Å². The van der Waals surface area contributed by atoms with Crippen molar-refractivity contribution in [1.29, 1.82) is 0 Å². The first-order valence-corrected chi connectivity index (χ1v) is 9.57. The minimum Gasteiger partial charge on any atom is -0.378 e. The quantitative estimate of drug-likeness (QED) is 0.550.